The van der Waals surface area contributed by atoms with Gasteiger partial charge in [0.05, 0.1) is 6.10 Å². The molecular weight excluding hydrogens is 360 g/mol. The molecule has 154 valence electrons. The van der Waals surface area contributed by atoms with E-state index < -0.39 is 0 Å². The summed E-state index contributed by atoms with van der Waals surface area (Å²) in [7, 11) is 0. The average molecular weight is 390 g/mol. The van der Waals surface area contributed by atoms with Crippen LogP contribution in [0.4, 0.5) is 5.82 Å². The summed E-state index contributed by atoms with van der Waals surface area (Å²) in [6.07, 6.45) is 4.90. The summed E-state index contributed by atoms with van der Waals surface area (Å²) in [4.78, 5) is 28.9. The number of nitrogens with two attached hydrogens (primary N) is 1. The first-order valence-electron chi connectivity index (χ1n) is 10.3. The van der Waals surface area contributed by atoms with Gasteiger partial charge in [-0.05, 0) is 50.6 Å². The number of aromatic nitrogens is 2. The number of carbonyl (C=O) groups is 2. The Morgan fingerprint density at radius 1 is 1.25 bits per heavy atom. The van der Waals surface area contributed by atoms with E-state index in [9.17, 15) is 9.59 Å². The number of nitrogens with one attached hydrogen (secondary N) is 2. The Morgan fingerprint density at radius 2 is 2.00 bits per heavy atom. The maximum Gasteiger partial charge on any atom is 0.269 e. The fraction of sp³-hybridized carbons (Fsp3) is 0.737. The number of anilines is 1. The zero-order chi connectivity index (χ0) is 19.5. The van der Waals surface area contributed by atoms with Crippen LogP contribution in [0.15, 0.2) is 6.07 Å². The minimum Gasteiger partial charge on any atom is -0.382 e. The Kier molecular flexibility index (Phi) is 5.82. The molecular formula is C19H30N6O3. The van der Waals surface area contributed by atoms with Gasteiger partial charge in [-0.25, -0.2) is 0 Å². The lowest BCUT2D eigenvalue weighted by molar-refractivity contribution is -0.149. The average Bonchev–Trinajstić information content (AvgIpc) is 3.40. The van der Waals surface area contributed by atoms with E-state index in [0.717, 1.165) is 38.4 Å². The fourth-order valence-electron chi connectivity index (χ4n) is 4.06. The molecule has 4 N–H and O–H groups in total. The number of nitrogen functional groups attached to an aromatic ring is 1. The Balaban J connectivity index is 1.21. The van der Waals surface area contributed by atoms with Gasteiger partial charge in [-0.15, -0.1) is 0 Å². The van der Waals surface area contributed by atoms with Crippen molar-refractivity contribution in [1.82, 2.24) is 25.3 Å². The summed E-state index contributed by atoms with van der Waals surface area (Å²) in [5.41, 5.74) is 5.84. The second-order valence-corrected chi connectivity index (χ2v) is 8.34. The van der Waals surface area contributed by atoms with Gasteiger partial charge < -0.3 is 25.6 Å². The van der Waals surface area contributed by atoms with Crippen LogP contribution in [0.3, 0.4) is 0 Å². The molecule has 0 aromatic carbocycles. The van der Waals surface area contributed by atoms with Gasteiger partial charge in [0.25, 0.3) is 5.91 Å². The highest BCUT2D eigenvalue weighted by Crippen LogP contribution is 2.31. The monoisotopic (exact) mass is 390 g/mol. The third-order valence-electron chi connectivity index (χ3n) is 5.95. The van der Waals surface area contributed by atoms with Gasteiger partial charge >= 0.3 is 0 Å². The summed E-state index contributed by atoms with van der Waals surface area (Å²) >= 11 is 0. The minimum absolute atomic E-state index is 0.0457. The van der Waals surface area contributed by atoms with Crippen LogP contribution in [0.1, 0.15) is 36.2 Å². The summed E-state index contributed by atoms with van der Waals surface area (Å²) in [6.45, 7) is 5.29. The van der Waals surface area contributed by atoms with Crippen molar-refractivity contribution in [2.75, 3.05) is 51.6 Å². The Morgan fingerprint density at radius 3 is 2.68 bits per heavy atom. The van der Waals surface area contributed by atoms with Crippen molar-refractivity contribution < 1.29 is 14.3 Å². The van der Waals surface area contributed by atoms with E-state index in [0.29, 0.717) is 24.7 Å². The molecule has 1 aromatic heterocycles. The number of hydrogen-bond acceptors (Lipinski definition) is 6. The van der Waals surface area contributed by atoms with Crippen molar-refractivity contribution in [3.8, 4) is 0 Å². The SMILES string of the molecule is Nc1cc(C(=O)NCC2CN(CC3CCN(CC4CC4)CC3)C(=O)CO2)[nH]n1. The molecule has 3 fully saturated rings. The summed E-state index contributed by atoms with van der Waals surface area (Å²) in [5.74, 6) is 1.54. The first-order valence-corrected chi connectivity index (χ1v) is 10.3. The summed E-state index contributed by atoms with van der Waals surface area (Å²) < 4.78 is 5.60. The molecule has 3 heterocycles. The molecule has 1 aromatic rings. The van der Waals surface area contributed by atoms with Crippen LogP contribution in [0.25, 0.3) is 0 Å². The number of piperidine rings is 1. The van der Waals surface area contributed by atoms with Crippen molar-refractivity contribution >= 4 is 17.6 Å². The Hall–Kier alpha value is -2.13. The highest BCUT2D eigenvalue weighted by molar-refractivity contribution is 5.92. The Bertz CT molecular complexity index is 696. The number of amides is 2. The van der Waals surface area contributed by atoms with Gasteiger partial charge in [-0.3, -0.25) is 14.7 Å². The van der Waals surface area contributed by atoms with E-state index in [-0.39, 0.29) is 30.3 Å². The normalized spacial score (nSPS) is 24.5. The lowest BCUT2D eigenvalue weighted by Crippen LogP contribution is -2.52. The van der Waals surface area contributed by atoms with Gasteiger partial charge in [0.15, 0.2) is 0 Å². The van der Waals surface area contributed by atoms with E-state index in [1.807, 2.05) is 4.90 Å². The molecule has 4 rings (SSSR count). The molecule has 0 radical (unpaired) electrons. The smallest absolute Gasteiger partial charge is 0.269 e. The molecule has 2 amide bonds. The van der Waals surface area contributed by atoms with Gasteiger partial charge in [0.1, 0.15) is 18.1 Å². The van der Waals surface area contributed by atoms with E-state index in [1.165, 1.54) is 25.5 Å². The standard InChI is InChI=1S/C19H30N6O3/c20-17-7-16(22-23-17)19(27)21-8-15-11-25(18(26)12-28-15)10-14-3-5-24(6-4-14)9-13-1-2-13/h7,13-15H,1-6,8-12H2,(H,21,27)(H3,20,22,23). The molecule has 1 saturated carbocycles. The highest BCUT2D eigenvalue weighted by atomic mass is 16.5. The zero-order valence-corrected chi connectivity index (χ0v) is 16.2. The van der Waals surface area contributed by atoms with Gasteiger partial charge in [-0.1, -0.05) is 0 Å². The summed E-state index contributed by atoms with van der Waals surface area (Å²) in [6, 6.07) is 1.49. The first-order chi connectivity index (χ1) is 13.6. The highest BCUT2D eigenvalue weighted by Gasteiger charge is 2.31. The van der Waals surface area contributed by atoms with Crippen LogP contribution < -0.4 is 11.1 Å². The second kappa shape index (κ2) is 8.48. The van der Waals surface area contributed by atoms with Crippen molar-refractivity contribution in [2.24, 2.45) is 11.8 Å². The van der Waals surface area contributed by atoms with Gasteiger partial charge in [0, 0.05) is 32.2 Å². The first kappa shape index (κ1) is 19.2. The number of carbonyl (C=O) groups excluding carboxylic acids is 2. The molecule has 1 aliphatic carbocycles. The molecule has 0 bridgehead atoms. The number of aromatic amines is 1. The number of morpholine rings is 1. The molecule has 2 saturated heterocycles. The van der Waals surface area contributed by atoms with Gasteiger partial charge in [-0.2, -0.15) is 5.10 Å². The summed E-state index contributed by atoms with van der Waals surface area (Å²) in [5, 5.41) is 9.15. The van der Waals surface area contributed by atoms with Gasteiger partial charge in [0.2, 0.25) is 5.91 Å². The van der Waals surface area contributed by atoms with Crippen molar-refractivity contribution in [1.29, 1.82) is 0 Å². The number of ether oxygens (including phenoxy) is 1. The van der Waals surface area contributed by atoms with Crippen LogP contribution in [0, 0.1) is 11.8 Å². The number of likely N-dealkylation sites (tertiary alicyclic amines) is 1. The lowest BCUT2D eigenvalue weighted by atomic mass is 9.95. The topological polar surface area (TPSA) is 117 Å². The van der Waals surface area contributed by atoms with E-state index in [1.54, 1.807) is 0 Å². The number of nitrogens with zero attached hydrogens (tertiary/aromatic N) is 3. The maximum atomic E-state index is 12.3. The van der Waals surface area contributed by atoms with Crippen LogP contribution in [0.5, 0.6) is 0 Å². The maximum absolute atomic E-state index is 12.3. The van der Waals surface area contributed by atoms with E-state index in [4.69, 9.17) is 10.5 Å². The molecule has 3 aliphatic rings. The molecule has 0 spiro atoms. The third-order valence-corrected chi connectivity index (χ3v) is 5.95. The number of H-pyrrole nitrogens is 1. The van der Waals surface area contributed by atoms with E-state index in [2.05, 4.69) is 20.4 Å². The molecule has 1 atom stereocenters. The van der Waals surface area contributed by atoms with E-state index >= 15 is 0 Å². The van der Waals surface area contributed by atoms with Crippen molar-refractivity contribution in [2.45, 2.75) is 31.8 Å². The minimum atomic E-state index is -0.278. The lowest BCUT2D eigenvalue weighted by Gasteiger charge is -2.38. The third kappa shape index (κ3) is 5.02. The predicted molar refractivity (Wildman–Crippen MR) is 104 cm³/mol. The Labute approximate surface area is 164 Å². The molecule has 28 heavy (non-hydrogen) atoms. The van der Waals surface area contributed by atoms with Crippen LogP contribution in [-0.2, 0) is 9.53 Å². The van der Waals surface area contributed by atoms with Crippen molar-refractivity contribution in [3.05, 3.63) is 11.8 Å². The quantitative estimate of drug-likeness (QED) is 0.607. The number of hydrogen-bond donors (Lipinski definition) is 3. The molecule has 1 unspecified atom stereocenters. The molecule has 9 nitrogen and oxygen atoms in total. The zero-order valence-electron chi connectivity index (χ0n) is 16.2. The van der Waals surface area contributed by atoms with Crippen LogP contribution in [0.2, 0.25) is 0 Å². The number of rotatable bonds is 7. The van der Waals surface area contributed by atoms with Crippen LogP contribution in [-0.4, -0.2) is 83.8 Å². The molecule has 2 aliphatic heterocycles. The fourth-order valence-corrected chi connectivity index (χ4v) is 4.06. The van der Waals surface area contributed by atoms with Crippen LogP contribution >= 0.6 is 0 Å². The largest absolute Gasteiger partial charge is 0.382 e. The predicted octanol–water partition coefficient (Wildman–Crippen LogP) is 0.0711. The van der Waals surface area contributed by atoms with Crippen molar-refractivity contribution in [3.63, 3.8) is 0 Å². The molecule has 9 heteroatoms. The second-order valence-electron chi connectivity index (χ2n) is 8.34.